The van der Waals surface area contributed by atoms with Gasteiger partial charge >= 0.3 is 0 Å². The molecule has 1 atom stereocenters. The van der Waals surface area contributed by atoms with Crippen LogP contribution in [0.15, 0.2) is 24.3 Å². The van der Waals surface area contributed by atoms with Crippen LogP contribution in [0.5, 0.6) is 11.5 Å². The maximum absolute atomic E-state index is 9.26. The molecule has 4 heteroatoms. The molecule has 4 nitrogen and oxygen atoms in total. The molecule has 112 valence electrons. The lowest BCUT2D eigenvalue weighted by Crippen LogP contribution is -2.35. The molecule has 1 aromatic rings. The van der Waals surface area contributed by atoms with Crippen LogP contribution in [0.25, 0.3) is 0 Å². The highest BCUT2D eigenvalue weighted by Crippen LogP contribution is 2.19. The summed E-state index contributed by atoms with van der Waals surface area (Å²) in [6.07, 6.45) is 3.29. The molecule has 1 aromatic carbocycles. The van der Waals surface area contributed by atoms with Gasteiger partial charge in [0.1, 0.15) is 18.1 Å². The molecule has 0 bridgehead atoms. The summed E-state index contributed by atoms with van der Waals surface area (Å²) in [5, 5.41) is 9.26. The van der Waals surface area contributed by atoms with Crippen molar-refractivity contribution in [1.82, 2.24) is 4.90 Å². The Morgan fingerprint density at radius 1 is 1.15 bits per heavy atom. The van der Waals surface area contributed by atoms with Crippen LogP contribution in [0.2, 0.25) is 0 Å². The Kier molecular flexibility index (Phi) is 6.15. The topological polar surface area (TPSA) is 41.9 Å². The van der Waals surface area contributed by atoms with E-state index >= 15 is 0 Å². The van der Waals surface area contributed by atoms with Gasteiger partial charge in [0.05, 0.1) is 13.2 Å². The molecule has 0 aliphatic carbocycles. The predicted molar refractivity (Wildman–Crippen MR) is 79.4 cm³/mol. The molecule has 1 heterocycles. The highest BCUT2D eigenvalue weighted by molar-refractivity contribution is 5.31. The van der Waals surface area contributed by atoms with Crippen LogP contribution in [-0.4, -0.2) is 49.0 Å². The molecule has 0 radical (unpaired) electrons. The van der Waals surface area contributed by atoms with Crippen molar-refractivity contribution in [3.05, 3.63) is 24.3 Å². The van der Waals surface area contributed by atoms with Gasteiger partial charge in [-0.05, 0) is 50.1 Å². The molecule has 2 rings (SSSR count). The number of hydrogen-bond donors (Lipinski definition) is 1. The lowest BCUT2D eigenvalue weighted by molar-refractivity contribution is 0.139. The lowest BCUT2D eigenvalue weighted by Gasteiger charge is -2.22. The van der Waals surface area contributed by atoms with Crippen molar-refractivity contribution in [2.24, 2.45) is 0 Å². The molecule has 0 saturated carbocycles. The Balaban J connectivity index is 1.71. The van der Waals surface area contributed by atoms with E-state index in [1.54, 1.807) is 0 Å². The highest BCUT2D eigenvalue weighted by atomic mass is 16.5. The maximum Gasteiger partial charge on any atom is 0.119 e. The van der Waals surface area contributed by atoms with E-state index < -0.39 is 0 Å². The summed E-state index contributed by atoms with van der Waals surface area (Å²) in [5.41, 5.74) is 0. The van der Waals surface area contributed by atoms with E-state index in [1.807, 2.05) is 24.3 Å². The van der Waals surface area contributed by atoms with Gasteiger partial charge in [-0.2, -0.15) is 0 Å². The largest absolute Gasteiger partial charge is 0.494 e. The summed E-state index contributed by atoms with van der Waals surface area (Å²) < 4.78 is 11.3. The third-order valence-electron chi connectivity index (χ3n) is 3.65. The Morgan fingerprint density at radius 2 is 1.80 bits per heavy atom. The van der Waals surface area contributed by atoms with E-state index in [0.29, 0.717) is 12.6 Å². The molecule has 1 fully saturated rings. The average molecular weight is 279 g/mol. The minimum atomic E-state index is 0.253. The molecular formula is C16H25NO3. The zero-order valence-corrected chi connectivity index (χ0v) is 12.3. The first-order valence-electron chi connectivity index (χ1n) is 7.54. The van der Waals surface area contributed by atoms with E-state index in [0.717, 1.165) is 44.0 Å². The zero-order valence-electron chi connectivity index (χ0n) is 12.3. The Hall–Kier alpha value is -1.26. The minimum absolute atomic E-state index is 0.253. The number of aliphatic hydroxyl groups excluding tert-OH is 1. The second-order valence-electron chi connectivity index (χ2n) is 5.18. The molecule has 1 saturated heterocycles. The maximum atomic E-state index is 9.26. The van der Waals surface area contributed by atoms with Gasteiger partial charge in [0.25, 0.3) is 0 Å². The first-order valence-corrected chi connectivity index (χ1v) is 7.54. The van der Waals surface area contributed by atoms with Gasteiger partial charge in [0.2, 0.25) is 0 Å². The van der Waals surface area contributed by atoms with Crippen LogP contribution < -0.4 is 9.47 Å². The normalized spacial score (nSPS) is 19.2. The standard InChI is InChI=1S/C16H25NO3/c1-2-11-19-15-5-7-16(8-6-15)20-12-10-17-9-3-4-14(17)13-18/h5-8,14,18H,2-4,9-13H2,1H3/t14-/m0/s1. The van der Waals surface area contributed by atoms with Crippen molar-refractivity contribution < 1.29 is 14.6 Å². The molecule has 1 aliphatic rings. The number of benzene rings is 1. The second kappa shape index (κ2) is 8.12. The number of hydrogen-bond acceptors (Lipinski definition) is 4. The van der Waals surface area contributed by atoms with Gasteiger partial charge in [-0.1, -0.05) is 6.92 Å². The van der Waals surface area contributed by atoms with Crippen molar-refractivity contribution in [1.29, 1.82) is 0 Å². The van der Waals surface area contributed by atoms with E-state index in [1.165, 1.54) is 6.42 Å². The van der Waals surface area contributed by atoms with Crippen LogP contribution in [0, 0.1) is 0 Å². The fourth-order valence-corrected chi connectivity index (χ4v) is 2.53. The minimum Gasteiger partial charge on any atom is -0.494 e. The molecule has 0 spiro atoms. The van der Waals surface area contributed by atoms with Crippen molar-refractivity contribution in [3.63, 3.8) is 0 Å². The summed E-state index contributed by atoms with van der Waals surface area (Å²) in [6, 6.07) is 8.09. The van der Waals surface area contributed by atoms with E-state index in [-0.39, 0.29) is 6.61 Å². The van der Waals surface area contributed by atoms with Gasteiger partial charge in [-0.25, -0.2) is 0 Å². The van der Waals surface area contributed by atoms with Crippen LogP contribution in [0.3, 0.4) is 0 Å². The van der Waals surface area contributed by atoms with Crippen LogP contribution in [0.1, 0.15) is 26.2 Å². The molecule has 1 N–H and O–H groups in total. The summed E-state index contributed by atoms with van der Waals surface area (Å²) in [7, 11) is 0. The van der Waals surface area contributed by atoms with Gasteiger partial charge in [-0.3, -0.25) is 4.90 Å². The summed E-state index contributed by atoms with van der Waals surface area (Å²) in [5.74, 6) is 1.76. The van der Waals surface area contributed by atoms with Gasteiger partial charge in [0.15, 0.2) is 0 Å². The monoisotopic (exact) mass is 279 g/mol. The highest BCUT2D eigenvalue weighted by Gasteiger charge is 2.22. The first kappa shape index (κ1) is 15.1. The fraction of sp³-hybridized carbons (Fsp3) is 0.625. The molecule has 0 amide bonds. The van der Waals surface area contributed by atoms with Crippen molar-refractivity contribution in [3.8, 4) is 11.5 Å². The van der Waals surface area contributed by atoms with Crippen LogP contribution in [-0.2, 0) is 0 Å². The van der Waals surface area contributed by atoms with Crippen molar-refractivity contribution >= 4 is 0 Å². The van der Waals surface area contributed by atoms with Crippen LogP contribution >= 0.6 is 0 Å². The number of likely N-dealkylation sites (tertiary alicyclic amines) is 1. The predicted octanol–water partition coefficient (Wildman–Crippen LogP) is 2.31. The number of ether oxygens (including phenoxy) is 2. The number of nitrogens with zero attached hydrogens (tertiary/aromatic N) is 1. The second-order valence-corrected chi connectivity index (χ2v) is 5.18. The van der Waals surface area contributed by atoms with E-state index in [9.17, 15) is 5.11 Å². The smallest absolute Gasteiger partial charge is 0.119 e. The molecule has 0 unspecified atom stereocenters. The SMILES string of the molecule is CCCOc1ccc(OCCN2CCC[C@H]2CO)cc1. The number of rotatable bonds is 8. The fourth-order valence-electron chi connectivity index (χ4n) is 2.53. The molecule has 1 aliphatic heterocycles. The van der Waals surface area contributed by atoms with Gasteiger partial charge in [-0.15, -0.1) is 0 Å². The van der Waals surface area contributed by atoms with Gasteiger partial charge in [0, 0.05) is 12.6 Å². The molecular weight excluding hydrogens is 254 g/mol. The third-order valence-corrected chi connectivity index (χ3v) is 3.65. The third kappa shape index (κ3) is 4.39. The summed E-state index contributed by atoms with van der Waals surface area (Å²) in [4.78, 5) is 2.30. The Bertz CT molecular complexity index is 380. The van der Waals surface area contributed by atoms with E-state index in [4.69, 9.17) is 9.47 Å². The van der Waals surface area contributed by atoms with Crippen LogP contribution in [0.4, 0.5) is 0 Å². The Labute approximate surface area is 121 Å². The van der Waals surface area contributed by atoms with Gasteiger partial charge < -0.3 is 14.6 Å². The Morgan fingerprint density at radius 3 is 2.40 bits per heavy atom. The zero-order chi connectivity index (χ0) is 14.2. The molecule has 20 heavy (non-hydrogen) atoms. The summed E-state index contributed by atoms with van der Waals surface area (Å²) in [6.45, 7) is 5.69. The molecule has 0 aromatic heterocycles. The lowest BCUT2D eigenvalue weighted by atomic mass is 10.2. The first-order chi connectivity index (χ1) is 9.83. The van der Waals surface area contributed by atoms with Crippen molar-refractivity contribution in [2.75, 3.05) is 32.9 Å². The number of aliphatic hydroxyl groups is 1. The average Bonchev–Trinajstić information content (AvgIpc) is 2.94. The summed E-state index contributed by atoms with van der Waals surface area (Å²) >= 11 is 0. The van der Waals surface area contributed by atoms with Crippen molar-refractivity contribution in [2.45, 2.75) is 32.2 Å². The quantitative estimate of drug-likeness (QED) is 0.793. The van der Waals surface area contributed by atoms with E-state index in [2.05, 4.69) is 11.8 Å².